The van der Waals surface area contributed by atoms with E-state index >= 15 is 0 Å². The van der Waals surface area contributed by atoms with Crippen LogP contribution in [0.4, 0.5) is 16.3 Å². The predicted octanol–water partition coefficient (Wildman–Crippen LogP) is 0.477. The fraction of sp³-hybridized carbons (Fsp3) is 0.462. The zero-order valence-electron chi connectivity index (χ0n) is 12.0. The average molecular weight is 305 g/mol. The Morgan fingerprint density at radius 3 is 2.82 bits per heavy atom. The van der Waals surface area contributed by atoms with Crippen molar-refractivity contribution in [1.29, 1.82) is 0 Å². The molecule has 1 unspecified atom stereocenters. The monoisotopic (exact) mass is 305 g/mol. The smallest absolute Gasteiger partial charge is 0.322 e. The van der Waals surface area contributed by atoms with Crippen LogP contribution in [0.3, 0.4) is 0 Å². The van der Waals surface area contributed by atoms with Crippen molar-refractivity contribution >= 4 is 23.4 Å². The van der Waals surface area contributed by atoms with Gasteiger partial charge in [0.15, 0.2) is 0 Å². The zero-order valence-corrected chi connectivity index (χ0v) is 12.0. The summed E-state index contributed by atoms with van der Waals surface area (Å²) < 4.78 is 0. The number of amides is 3. The van der Waals surface area contributed by atoms with Gasteiger partial charge >= 0.3 is 6.03 Å². The minimum atomic E-state index is -0.938. The number of urea groups is 1. The number of carbonyl (C=O) groups excluding carboxylic acids is 2. The van der Waals surface area contributed by atoms with E-state index in [-0.39, 0.29) is 11.6 Å². The Morgan fingerprint density at radius 1 is 1.45 bits per heavy atom. The van der Waals surface area contributed by atoms with Crippen molar-refractivity contribution in [3.63, 3.8) is 0 Å². The molecular formula is C13H15N5O4. The number of hydrogen-bond donors (Lipinski definition) is 2. The molecule has 0 aliphatic carbocycles. The van der Waals surface area contributed by atoms with Gasteiger partial charge in [0.05, 0.1) is 11.5 Å². The molecular weight excluding hydrogens is 290 g/mol. The minimum absolute atomic E-state index is 0.0395. The van der Waals surface area contributed by atoms with Crippen molar-refractivity contribution in [2.24, 2.45) is 0 Å². The molecule has 9 nitrogen and oxygen atoms in total. The number of aromatic nitrogens is 1. The maximum Gasteiger partial charge on any atom is 0.322 e. The second kappa shape index (κ2) is 4.93. The van der Waals surface area contributed by atoms with E-state index in [1.807, 2.05) is 4.90 Å². The van der Waals surface area contributed by atoms with Gasteiger partial charge < -0.3 is 10.2 Å². The summed E-state index contributed by atoms with van der Waals surface area (Å²) in [6.45, 7) is 2.62. The molecule has 0 aromatic carbocycles. The van der Waals surface area contributed by atoms with Gasteiger partial charge in [0.2, 0.25) is 0 Å². The molecule has 0 radical (unpaired) electrons. The summed E-state index contributed by atoms with van der Waals surface area (Å²) in [6.07, 6.45) is 2.50. The molecule has 0 saturated carbocycles. The summed E-state index contributed by atoms with van der Waals surface area (Å²) in [5, 5.41) is 15.8. The summed E-state index contributed by atoms with van der Waals surface area (Å²) in [5.41, 5.74) is -0.468. The Morgan fingerprint density at radius 2 is 2.23 bits per heavy atom. The minimum Gasteiger partial charge on any atom is -0.354 e. The fourth-order valence-electron chi connectivity index (χ4n) is 2.96. The Hall–Kier alpha value is -2.71. The van der Waals surface area contributed by atoms with Crippen LogP contribution in [-0.4, -0.2) is 40.5 Å². The lowest BCUT2D eigenvalue weighted by molar-refractivity contribution is -0.385. The van der Waals surface area contributed by atoms with Crippen molar-refractivity contribution in [2.75, 3.05) is 18.0 Å². The van der Waals surface area contributed by atoms with Crippen molar-refractivity contribution < 1.29 is 14.5 Å². The highest BCUT2D eigenvalue weighted by Gasteiger charge is 2.48. The predicted molar refractivity (Wildman–Crippen MR) is 76.5 cm³/mol. The van der Waals surface area contributed by atoms with Crippen LogP contribution in [0.5, 0.6) is 0 Å². The largest absolute Gasteiger partial charge is 0.354 e. The number of anilines is 1. The molecule has 3 amide bonds. The summed E-state index contributed by atoms with van der Waals surface area (Å²) in [4.78, 5) is 39.8. The van der Waals surface area contributed by atoms with Gasteiger partial charge in [-0.05, 0) is 25.8 Å². The number of hydrogen-bond acceptors (Lipinski definition) is 6. The topological polar surface area (TPSA) is 117 Å². The van der Waals surface area contributed by atoms with Crippen molar-refractivity contribution in [3.8, 4) is 0 Å². The number of aryl methyl sites for hydroxylation is 1. The lowest BCUT2D eigenvalue weighted by Crippen LogP contribution is -2.58. The molecule has 3 heterocycles. The molecule has 2 N–H and O–H groups in total. The van der Waals surface area contributed by atoms with Gasteiger partial charge in [-0.3, -0.25) is 20.2 Å². The Labute approximate surface area is 125 Å². The van der Waals surface area contributed by atoms with Gasteiger partial charge in [-0.15, -0.1) is 0 Å². The van der Waals surface area contributed by atoms with E-state index in [1.54, 1.807) is 13.0 Å². The highest BCUT2D eigenvalue weighted by atomic mass is 16.6. The van der Waals surface area contributed by atoms with E-state index < -0.39 is 16.5 Å². The van der Waals surface area contributed by atoms with Crippen molar-refractivity contribution in [2.45, 2.75) is 25.3 Å². The highest BCUT2D eigenvalue weighted by Crippen LogP contribution is 2.29. The normalized spacial score (nSPS) is 24.3. The number of nitrogens with zero attached hydrogens (tertiary/aromatic N) is 3. The highest BCUT2D eigenvalue weighted by molar-refractivity contribution is 6.07. The molecule has 116 valence electrons. The molecule has 2 aliphatic rings. The molecule has 3 rings (SSSR count). The second-order valence-corrected chi connectivity index (χ2v) is 5.60. The van der Waals surface area contributed by atoms with Crippen LogP contribution in [0.25, 0.3) is 0 Å². The molecule has 2 saturated heterocycles. The maximum absolute atomic E-state index is 12.0. The third kappa shape index (κ3) is 2.24. The summed E-state index contributed by atoms with van der Waals surface area (Å²) in [6, 6.07) is 1.14. The van der Waals surface area contributed by atoms with E-state index in [0.717, 1.165) is 0 Å². The number of imide groups is 1. The van der Waals surface area contributed by atoms with Crippen LogP contribution in [0.1, 0.15) is 18.4 Å². The van der Waals surface area contributed by atoms with Crippen LogP contribution in [0.2, 0.25) is 0 Å². The molecule has 1 spiro atoms. The number of carbonyl (C=O) groups is 2. The van der Waals surface area contributed by atoms with E-state index in [9.17, 15) is 19.7 Å². The first kappa shape index (κ1) is 14.2. The fourth-order valence-corrected chi connectivity index (χ4v) is 2.96. The molecule has 9 heteroatoms. The van der Waals surface area contributed by atoms with Gasteiger partial charge in [-0.2, -0.15) is 0 Å². The summed E-state index contributed by atoms with van der Waals surface area (Å²) in [5.74, 6) is 0.233. The van der Waals surface area contributed by atoms with Crippen molar-refractivity contribution in [3.05, 3.63) is 27.9 Å². The van der Waals surface area contributed by atoms with Crippen LogP contribution in [0.15, 0.2) is 12.3 Å². The molecule has 2 fully saturated rings. The van der Waals surface area contributed by atoms with Crippen LogP contribution >= 0.6 is 0 Å². The Balaban J connectivity index is 1.86. The molecule has 2 aliphatic heterocycles. The van der Waals surface area contributed by atoms with E-state index in [4.69, 9.17) is 0 Å². The third-order valence-electron chi connectivity index (χ3n) is 4.10. The third-order valence-corrected chi connectivity index (χ3v) is 4.10. The average Bonchev–Trinajstić information content (AvgIpc) is 2.72. The molecule has 0 bridgehead atoms. The van der Waals surface area contributed by atoms with Gasteiger partial charge in [0.1, 0.15) is 17.6 Å². The Kier molecular flexibility index (Phi) is 3.19. The quantitative estimate of drug-likeness (QED) is 0.466. The first-order valence-electron chi connectivity index (χ1n) is 6.91. The lowest BCUT2D eigenvalue weighted by Gasteiger charge is -2.38. The number of piperidine rings is 1. The maximum atomic E-state index is 12.0. The first-order valence-corrected chi connectivity index (χ1v) is 6.91. The van der Waals surface area contributed by atoms with Gasteiger partial charge in [0.25, 0.3) is 11.6 Å². The Bertz CT molecular complexity index is 676. The number of nitrogens with one attached hydrogen (secondary N) is 2. The van der Waals surface area contributed by atoms with E-state index in [0.29, 0.717) is 37.3 Å². The second-order valence-electron chi connectivity index (χ2n) is 5.60. The number of nitro groups is 1. The summed E-state index contributed by atoms with van der Waals surface area (Å²) >= 11 is 0. The van der Waals surface area contributed by atoms with Gasteiger partial charge in [-0.25, -0.2) is 9.78 Å². The van der Waals surface area contributed by atoms with Crippen LogP contribution < -0.4 is 15.5 Å². The van der Waals surface area contributed by atoms with Crippen molar-refractivity contribution in [1.82, 2.24) is 15.6 Å². The SMILES string of the molecule is Cc1cc(N2CCCC3(C2)NC(=O)NC3=O)ncc1[N+](=O)[O-]. The van der Waals surface area contributed by atoms with Crippen LogP contribution in [-0.2, 0) is 4.79 Å². The van der Waals surface area contributed by atoms with E-state index in [2.05, 4.69) is 15.6 Å². The first-order chi connectivity index (χ1) is 10.4. The molecule has 1 aromatic rings. The number of rotatable bonds is 2. The number of pyridine rings is 1. The van der Waals surface area contributed by atoms with Crippen LogP contribution in [0, 0.1) is 17.0 Å². The molecule has 1 aromatic heterocycles. The standard InChI is InChI=1S/C13H15N5O4/c1-8-5-10(14-6-9(8)18(21)22)17-4-2-3-13(7-17)11(19)15-12(20)16-13/h5-6H,2-4,7H2,1H3,(H2,15,16,19,20). The molecule has 22 heavy (non-hydrogen) atoms. The zero-order chi connectivity index (χ0) is 15.9. The summed E-state index contributed by atoms with van der Waals surface area (Å²) in [7, 11) is 0. The lowest BCUT2D eigenvalue weighted by atomic mass is 9.89. The van der Waals surface area contributed by atoms with Gasteiger partial charge in [0, 0.05) is 12.1 Å². The van der Waals surface area contributed by atoms with E-state index in [1.165, 1.54) is 6.20 Å². The van der Waals surface area contributed by atoms with Gasteiger partial charge in [-0.1, -0.05) is 0 Å². The molecule has 1 atom stereocenters.